The molecule has 0 amide bonds. The Kier molecular flexibility index (Phi) is 6.90. The van der Waals surface area contributed by atoms with E-state index in [4.69, 9.17) is 11.6 Å². The van der Waals surface area contributed by atoms with Gasteiger partial charge in [0.1, 0.15) is 0 Å². The number of hydrogen-bond acceptors (Lipinski definition) is 0. The number of benzene rings is 1. The summed E-state index contributed by atoms with van der Waals surface area (Å²) in [5.74, 6) is 8.03. The summed E-state index contributed by atoms with van der Waals surface area (Å²) in [7, 11) is 0. The van der Waals surface area contributed by atoms with Crippen molar-refractivity contribution >= 4 is 11.6 Å². The second-order valence-corrected chi connectivity index (χ2v) is 6.12. The lowest BCUT2D eigenvalue weighted by Gasteiger charge is -2.26. The standard InChI is InChI=1S/C20H25Cl/c1-2-3-6-17-8-12-19(13-9-17)20-14-10-18(11-15-20)7-4-5-16-21/h5,10-11,14-17,19H,2,4,7-9,12-13H2,1H3/b16-5+/t17-,19-. The first-order valence-corrected chi connectivity index (χ1v) is 8.59. The summed E-state index contributed by atoms with van der Waals surface area (Å²) in [5.41, 5.74) is 4.51. The van der Waals surface area contributed by atoms with Crippen LogP contribution in [0.4, 0.5) is 0 Å². The van der Waals surface area contributed by atoms with Crippen LogP contribution in [0.2, 0.25) is 0 Å². The normalized spacial score (nSPS) is 22.0. The fourth-order valence-corrected chi connectivity index (χ4v) is 3.21. The molecule has 0 aromatic heterocycles. The van der Waals surface area contributed by atoms with E-state index in [-0.39, 0.29) is 0 Å². The molecule has 0 N–H and O–H groups in total. The van der Waals surface area contributed by atoms with E-state index in [1.165, 1.54) is 36.8 Å². The molecule has 0 bridgehead atoms. The predicted octanol–water partition coefficient (Wildman–Crippen LogP) is 6.06. The molecule has 112 valence electrons. The van der Waals surface area contributed by atoms with E-state index in [9.17, 15) is 0 Å². The van der Waals surface area contributed by atoms with Crippen LogP contribution in [0.1, 0.15) is 62.5 Å². The quantitative estimate of drug-likeness (QED) is 0.593. The van der Waals surface area contributed by atoms with Crippen molar-refractivity contribution in [3.05, 3.63) is 47.0 Å². The summed E-state index contributed by atoms with van der Waals surface area (Å²) >= 11 is 5.55. The number of aryl methyl sites for hydroxylation is 1. The van der Waals surface area contributed by atoms with Crippen LogP contribution in [0, 0.1) is 17.8 Å². The maximum atomic E-state index is 5.55. The van der Waals surface area contributed by atoms with E-state index >= 15 is 0 Å². The van der Waals surface area contributed by atoms with Crippen molar-refractivity contribution in [3.8, 4) is 11.8 Å². The Morgan fingerprint density at radius 1 is 1.14 bits per heavy atom. The van der Waals surface area contributed by atoms with Crippen molar-refractivity contribution in [1.29, 1.82) is 0 Å². The Morgan fingerprint density at radius 2 is 1.86 bits per heavy atom. The number of hydrogen-bond donors (Lipinski definition) is 0. The minimum Gasteiger partial charge on any atom is -0.103 e. The van der Waals surface area contributed by atoms with Crippen LogP contribution in [0.25, 0.3) is 0 Å². The van der Waals surface area contributed by atoms with Crippen LogP contribution in [-0.2, 0) is 6.42 Å². The van der Waals surface area contributed by atoms with Crippen molar-refractivity contribution < 1.29 is 0 Å². The molecule has 1 aliphatic rings. The molecule has 0 spiro atoms. The van der Waals surface area contributed by atoms with Crippen molar-refractivity contribution in [2.24, 2.45) is 5.92 Å². The van der Waals surface area contributed by atoms with Gasteiger partial charge in [-0.15, -0.1) is 5.92 Å². The Labute approximate surface area is 134 Å². The van der Waals surface area contributed by atoms with Crippen LogP contribution >= 0.6 is 11.6 Å². The van der Waals surface area contributed by atoms with E-state index in [0.717, 1.165) is 25.2 Å². The summed E-state index contributed by atoms with van der Waals surface area (Å²) in [4.78, 5) is 0. The lowest BCUT2D eigenvalue weighted by atomic mass is 9.79. The largest absolute Gasteiger partial charge is 0.103 e. The summed E-state index contributed by atoms with van der Waals surface area (Å²) < 4.78 is 0. The van der Waals surface area contributed by atoms with Gasteiger partial charge in [-0.05, 0) is 55.6 Å². The minimum absolute atomic E-state index is 0.641. The third kappa shape index (κ3) is 5.25. The second kappa shape index (κ2) is 8.96. The van der Waals surface area contributed by atoms with Crippen LogP contribution in [0.5, 0.6) is 0 Å². The van der Waals surface area contributed by atoms with Crippen LogP contribution in [-0.4, -0.2) is 0 Å². The van der Waals surface area contributed by atoms with Crippen LogP contribution in [0.15, 0.2) is 35.9 Å². The Balaban J connectivity index is 1.86. The summed E-state index contributed by atoms with van der Waals surface area (Å²) in [6, 6.07) is 9.20. The van der Waals surface area contributed by atoms with E-state index in [1.807, 2.05) is 6.08 Å². The Hall–Kier alpha value is -1.19. The average molecular weight is 301 g/mol. The van der Waals surface area contributed by atoms with E-state index in [1.54, 1.807) is 5.54 Å². The van der Waals surface area contributed by atoms with E-state index in [0.29, 0.717) is 5.92 Å². The van der Waals surface area contributed by atoms with Gasteiger partial charge in [0.2, 0.25) is 0 Å². The lowest BCUT2D eigenvalue weighted by molar-refractivity contribution is 0.384. The van der Waals surface area contributed by atoms with Crippen LogP contribution in [0.3, 0.4) is 0 Å². The van der Waals surface area contributed by atoms with Gasteiger partial charge in [-0.3, -0.25) is 0 Å². The molecule has 0 atom stereocenters. The zero-order valence-corrected chi connectivity index (χ0v) is 13.7. The highest BCUT2D eigenvalue weighted by Gasteiger charge is 2.20. The topological polar surface area (TPSA) is 0 Å². The molecular formula is C20H25Cl. The summed E-state index contributed by atoms with van der Waals surface area (Å²) in [5, 5.41) is 0. The third-order valence-electron chi connectivity index (χ3n) is 4.35. The number of halogens is 1. The maximum Gasteiger partial charge on any atom is 0.0203 e. The fraction of sp³-hybridized carbons (Fsp3) is 0.500. The first-order valence-electron chi connectivity index (χ1n) is 8.16. The highest BCUT2D eigenvalue weighted by atomic mass is 35.5. The van der Waals surface area contributed by atoms with Gasteiger partial charge >= 0.3 is 0 Å². The van der Waals surface area contributed by atoms with Crippen LogP contribution < -0.4 is 0 Å². The first kappa shape index (κ1) is 16.2. The van der Waals surface area contributed by atoms with Gasteiger partial charge < -0.3 is 0 Å². The molecule has 1 heteroatoms. The molecule has 1 saturated carbocycles. The molecule has 0 aliphatic heterocycles. The molecular weight excluding hydrogens is 276 g/mol. The molecule has 0 unspecified atom stereocenters. The summed E-state index contributed by atoms with van der Waals surface area (Å²) in [6.45, 7) is 2.13. The van der Waals surface area contributed by atoms with Gasteiger partial charge in [-0.25, -0.2) is 0 Å². The Bertz CT molecular complexity index is 493. The third-order valence-corrected chi connectivity index (χ3v) is 4.53. The first-order chi connectivity index (χ1) is 10.3. The second-order valence-electron chi connectivity index (χ2n) is 5.87. The fourth-order valence-electron chi connectivity index (χ4n) is 3.09. The minimum atomic E-state index is 0.641. The SMILES string of the molecule is CCC#C[C@H]1CC[C@H](c2ccc(CC/C=C/Cl)cc2)CC1. The van der Waals surface area contributed by atoms with Crippen molar-refractivity contribution in [2.45, 2.75) is 57.8 Å². The van der Waals surface area contributed by atoms with Crippen molar-refractivity contribution in [3.63, 3.8) is 0 Å². The summed E-state index contributed by atoms with van der Waals surface area (Å²) in [6.07, 6.45) is 10.2. The maximum absolute atomic E-state index is 5.55. The van der Waals surface area contributed by atoms with Gasteiger partial charge in [0.05, 0.1) is 0 Å². The molecule has 0 nitrogen and oxygen atoms in total. The van der Waals surface area contributed by atoms with Crippen molar-refractivity contribution in [2.75, 3.05) is 0 Å². The molecule has 1 aliphatic carbocycles. The highest BCUT2D eigenvalue weighted by molar-refractivity contribution is 6.25. The zero-order chi connectivity index (χ0) is 14.9. The average Bonchev–Trinajstić information content (AvgIpc) is 2.54. The molecule has 1 fully saturated rings. The van der Waals surface area contributed by atoms with E-state index in [2.05, 4.69) is 43.0 Å². The molecule has 0 saturated heterocycles. The smallest absolute Gasteiger partial charge is 0.0203 e. The zero-order valence-electron chi connectivity index (χ0n) is 12.9. The predicted molar refractivity (Wildman–Crippen MR) is 92.5 cm³/mol. The van der Waals surface area contributed by atoms with Gasteiger partial charge in [0.25, 0.3) is 0 Å². The van der Waals surface area contributed by atoms with Gasteiger partial charge in [-0.1, -0.05) is 54.8 Å². The van der Waals surface area contributed by atoms with Gasteiger partial charge in [0.15, 0.2) is 0 Å². The molecule has 1 aromatic carbocycles. The molecule has 21 heavy (non-hydrogen) atoms. The molecule has 1 aromatic rings. The molecule has 0 radical (unpaired) electrons. The monoisotopic (exact) mass is 300 g/mol. The van der Waals surface area contributed by atoms with Gasteiger partial charge in [-0.2, -0.15) is 0 Å². The molecule has 0 heterocycles. The highest BCUT2D eigenvalue weighted by Crippen LogP contribution is 2.35. The number of rotatable bonds is 4. The Morgan fingerprint density at radius 3 is 2.48 bits per heavy atom. The van der Waals surface area contributed by atoms with Gasteiger partial charge in [0, 0.05) is 17.9 Å². The van der Waals surface area contributed by atoms with Crippen molar-refractivity contribution in [1.82, 2.24) is 0 Å². The van der Waals surface area contributed by atoms with E-state index < -0.39 is 0 Å². The lowest BCUT2D eigenvalue weighted by Crippen LogP contribution is -2.12. The molecule has 2 rings (SSSR count). The number of allylic oxidation sites excluding steroid dienone is 1.